The van der Waals surface area contributed by atoms with Gasteiger partial charge in [-0.25, -0.2) is 0 Å². The Bertz CT molecular complexity index is 295. The first-order valence-electron chi connectivity index (χ1n) is 8.36. The highest BCUT2D eigenvalue weighted by Gasteiger charge is 1.99. The van der Waals surface area contributed by atoms with Crippen LogP contribution in [0.1, 0.15) is 77.6 Å². The van der Waals surface area contributed by atoms with E-state index in [-0.39, 0.29) is 6.10 Å². The summed E-state index contributed by atoms with van der Waals surface area (Å²) in [5, 5.41) is 18.3. The van der Waals surface area contributed by atoms with Gasteiger partial charge in [-0.05, 0) is 44.9 Å². The average Bonchev–Trinajstić information content (AvgIpc) is 2.45. The van der Waals surface area contributed by atoms with Crippen molar-refractivity contribution in [3.05, 3.63) is 24.3 Å². The van der Waals surface area contributed by atoms with Crippen molar-refractivity contribution in [3.63, 3.8) is 0 Å². The van der Waals surface area contributed by atoms with Crippen LogP contribution in [0.2, 0.25) is 0 Å². The summed E-state index contributed by atoms with van der Waals surface area (Å²) >= 11 is 0. The first kappa shape index (κ1) is 19.9. The fourth-order valence-electron chi connectivity index (χ4n) is 2.13. The van der Waals surface area contributed by atoms with Gasteiger partial charge >= 0.3 is 5.97 Å². The molecule has 0 rings (SSSR count). The van der Waals surface area contributed by atoms with Gasteiger partial charge in [-0.1, -0.05) is 50.5 Å². The van der Waals surface area contributed by atoms with Gasteiger partial charge in [-0.3, -0.25) is 4.79 Å². The molecule has 0 fully saturated rings. The van der Waals surface area contributed by atoms with Crippen molar-refractivity contribution in [3.8, 4) is 0 Å². The average molecular weight is 296 g/mol. The molecule has 2 N–H and O–H groups in total. The minimum Gasteiger partial charge on any atom is -0.481 e. The van der Waals surface area contributed by atoms with Crippen LogP contribution in [-0.4, -0.2) is 22.3 Å². The summed E-state index contributed by atoms with van der Waals surface area (Å²) in [6.45, 7) is 2.11. The Morgan fingerprint density at radius 1 is 0.952 bits per heavy atom. The molecule has 0 saturated carbocycles. The fraction of sp³-hybridized carbons (Fsp3) is 0.722. The van der Waals surface area contributed by atoms with E-state index in [2.05, 4.69) is 31.2 Å². The van der Waals surface area contributed by atoms with Gasteiger partial charge in [0.2, 0.25) is 0 Å². The minimum atomic E-state index is -0.693. The number of aliphatic hydroxyl groups is 1. The van der Waals surface area contributed by atoms with Gasteiger partial charge in [0, 0.05) is 6.42 Å². The van der Waals surface area contributed by atoms with E-state index in [0.29, 0.717) is 6.42 Å². The Morgan fingerprint density at radius 3 is 2.33 bits per heavy atom. The van der Waals surface area contributed by atoms with Crippen molar-refractivity contribution >= 4 is 5.97 Å². The zero-order valence-electron chi connectivity index (χ0n) is 13.5. The summed E-state index contributed by atoms with van der Waals surface area (Å²) < 4.78 is 0. The molecule has 1 atom stereocenters. The fourth-order valence-corrected chi connectivity index (χ4v) is 2.13. The molecule has 0 heterocycles. The molecule has 3 nitrogen and oxygen atoms in total. The maximum Gasteiger partial charge on any atom is 0.303 e. The van der Waals surface area contributed by atoms with E-state index in [1.54, 1.807) is 0 Å². The third-order valence-electron chi connectivity index (χ3n) is 3.41. The number of aliphatic carboxylic acids is 1. The Hall–Kier alpha value is -1.09. The molecule has 0 bridgehead atoms. The van der Waals surface area contributed by atoms with Gasteiger partial charge < -0.3 is 10.2 Å². The van der Waals surface area contributed by atoms with Crippen molar-refractivity contribution in [1.82, 2.24) is 0 Å². The third kappa shape index (κ3) is 16.9. The number of allylic oxidation sites excluding steroid dienone is 3. The van der Waals surface area contributed by atoms with E-state index < -0.39 is 5.97 Å². The Labute approximate surface area is 129 Å². The number of hydrogen-bond donors (Lipinski definition) is 2. The maximum absolute atomic E-state index is 10.3. The van der Waals surface area contributed by atoms with Crippen LogP contribution in [0, 0.1) is 0 Å². The van der Waals surface area contributed by atoms with Crippen molar-refractivity contribution in [2.75, 3.05) is 0 Å². The van der Waals surface area contributed by atoms with Gasteiger partial charge in [-0.15, -0.1) is 0 Å². The summed E-state index contributed by atoms with van der Waals surface area (Å²) in [4.78, 5) is 10.3. The van der Waals surface area contributed by atoms with Crippen molar-refractivity contribution < 1.29 is 15.0 Å². The topological polar surface area (TPSA) is 57.5 Å². The molecule has 0 aliphatic heterocycles. The van der Waals surface area contributed by atoms with E-state index in [1.165, 1.54) is 0 Å². The number of rotatable bonds is 14. The number of hydrogen-bond acceptors (Lipinski definition) is 2. The van der Waals surface area contributed by atoms with E-state index in [4.69, 9.17) is 5.11 Å². The SMILES string of the molecule is CCC=CCC[C@@H](O)CC=CCCCCCCCC(=O)O. The lowest BCUT2D eigenvalue weighted by atomic mass is 10.1. The highest BCUT2D eigenvalue weighted by Crippen LogP contribution is 2.09. The van der Waals surface area contributed by atoms with Gasteiger partial charge in [0.25, 0.3) is 0 Å². The highest BCUT2D eigenvalue weighted by molar-refractivity contribution is 5.66. The van der Waals surface area contributed by atoms with Gasteiger partial charge in [-0.2, -0.15) is 0 Å². The van der Waals surface area contributed by atoms with E-state index in [1.807, 2.05) is 0 Å². The number of carbonyl (C=O) groups is 1. The second kappa shape index (κ2) is 15.3. The molecule has 0 radical (unpaired) electrons. The number of unbranched alkanes of at least 4 members (excludes halogenated alkanes) is 5. The van der Waals surface area contributed by atoms with Crippen LogP contribution in [0.4, 0.5) is 0 Å². The first-order chi connectivity index (χ1) is 10.2. The van der Waals surface area contributed by atoms with Crippen LogP contribution in [0.3, 0.4) is 0 Å². The largest absolute Gasteiger partial charge is 0.481 e. The standard InChI is InChI=1S/C18H32O3/c1-2-3-4-11-14-17(19)15-12-9-7-5-6-8-10-13-16-18(20)21/h3-4,9,12,17,19H,2,5-8,10-11,13-16H2,1H3,(H,20,21)/t17-/m1/s1. The molecule has 0 spiro atoms. The molecule has 0 aliphatic carbocycles. The zero-order valence-corrected chi connectivity index (χ0v) is 13.5. The summed E-state index contributed by atoms with van der Waals surface area (Å²) in [6, 6.07) is 0. The van der Waals surface area contributed by atoms with Crippen LogP contribution in [0.15, 0.2) is 24.3 Å². The lowest BCUT2D eigenvalue weighted by Gasteiger charge is -2.05. The molecular weight excluding hydrogens is 264 g/mol. The number of carboxylic acid groups (broad SMARTS) is 1. The summed E-state index contributed by atoms with van der Waals surface area (Å²) in [5.41, 5.74) is 0. The molecule has 0 unspecified atom stereocenters. The monoisotopic (exact) mass is 296 g/mol. The number of aliphatic hydroxyl groups excluding tert-OH is 1. The molecule has 0 aromatic heterocycles. The smallest absolute Gasteiger partial charge is 0.303 e. The van der Waals surface area contributed by atoms with Crippen molar-refractivity contribution in [1.29, 1.82) is 0 Å². The third-order valence-corrected chi connectivity index (χ3v) is 3.41. The molecular formula is C18H32O3. The maximum atomic E-state index is 10.3. The lowest BCUT2D eigenvalue weighted by Crippen LogP contribution is -2.03. The molecule has 0 aliphatic rings. The molecule has 3 heteroatoms. The highest BCUT2D eigenvalue weighted by atomic mass is 16.4. The van der Waals surface area contributed by atoms with Crippen LogP contribution in [0.25, 0.3) is 0 Å². The van der Waals surface area contributed by atoms with E-state index in [9.17, 15) is 9.90 Å². The molecule has 0 amide bonds. The molecule has 122 valence electrons. The van der Waals surface area contributed by atoms with Gasteiger partial charge in [0.15, 0.2) is 0 Å². The number of carboxylic acids is 1. The summed E-state index contributed by atoms with van der Waals surface area (Å²) in [6.07, 6.45) is 18.5. The molecule has 0 aromatic rings. The van der Waals surface area contributed by atoms with Crippen LogP contribution in [0.5, 0.6) is 0 Å². The Balaban J connectivity index is 3.31. The summed E-state index contributed by atoms with van der Waals surface area (Å²) in [5.74, 6) is -0.693. The quantitative estimate of drug-likeness (QED) is 0.355. The first-order valence-corrected chi connectivity index (χ1v) is 8.36. The van der Waals surface area contributed by atoms with E-state index >= 15 is 0 Å². The normalized spacial score (nSPS) is 13.2. The van der Waals surface area contributed by atoms with Crippen LogP contribution < -0.4 is 0 Å². The zero-order chi connectivity index (χ0) is 15.8. The molecule has 0 aromatic carbocycles. The Kier molecular flexibility index (Phi) is 14.5. The molecule has 0 saturated heterocycles. The second-order valence-electron chi connectivity index (χ2n) is 5.52. The predicted octanol–water partition coefficient (Wildman–Crippen LogP) is 4.86. The van der Waals surface area contributed by atoms with Gasteiger partial charge in [0.05, 0.1) is 6.10 Å². The van der Waals surface area contributed by atoms with Crippen LogP contribution in [-0.2, 0) is 4.79 Å². The predicted molar refractivity (Wildman–Crippen MR) is 88.4 cm³/mol. The lowest BCUT2D eigenvalue weighted by molar-refractivity contribution is -0.137. The van der Waals surface area contributed by atoms with Crippen molar-refractivity contribution in [2.24, 2.45) is 0 Å². The van der Waals surface area contributed by atoms with Crippen LogP contribution >= 0.6 is 0 Å². The molecule has 21 heavy (non-hydrogen) atoms. The second-order valence-corrected chi connectivity index (χ2v) is 5.52. The van der Waals surface area contributed by atoms with Crippen molar-refractivity contribution in [2.45, 2.75) is 83.7 Å². The Morgan fingerprint density at radius 2 is 1.62 bits per heavy atom. The van der Waals surface area contributed by atoms with E-state index in [0.717, 1.165) is 64.2 Å². The minimum absolute atomic E-state index is 0.223. The summed E-state index contributed by atoms with van der Waals surface area (Å²) in [7, 11) is 0. The van der Waals surface area contributed by atoms with Gasteiger partial charge in [0.1, 0.15) is 0 Å².